The number of hydrogen-bond acceptors (Lipinski definition) is 5. The number of benzene rings is 1. The summed E-state index contributed by atoms with van der Waals surface area (Å²) in [6.07, 6.45) is 1.70. The average Bonchev–Trinajstić information content (AvgIpc) is 3.23. The molecular formula is C18H14N3NaO2S. The minimum Gasteiger partial charge on any atom is -0.858 e. The number of nitrogens with zero attached hydrogens (tertiary/aromatic N) is 3. The number of fused-ring (bicyclic) bond motifs is 1. The van der Waals surface area contributed by atoms with Crippen molar-refractivity contribution >= 4 is 17.0 Å². The maximum atomic E-state index is 12.2. The molecule has 4 rings (SSSR count). The molecule has 0 N–H and O–H groups in total. The first-order chi connectivity index (χ1) is 11.8. The molecule has 120 valence electrons. The van der Waals surface area contributed by atoms with Crippen molar-refractivity contribution in [2.45, 2.75) is 6.61 Å². The summed E-state index contributed by atoms with van der Waals surface area (Å²) in [4.78, 5) is 5.56. The predicted octanol–water partition coefficient (Wildman–Crippen LogP) is 0.349. The van der Waals surface area contributed by atoms with Gasteiger partial charge in [-0.1, -0.05) is 30.3 Å². The van der Waals surface area contributed by atoms with E-state index in [1.807, 2.05) is 18.2 Å². The quantitative estimate of drug-likeness (QED) is 0.493. The zero-order chi connectivity index (χ0) is 16.5. The maximum Gasteiger partial charge on any atom is 1.00 e. The SMILES string of the molecule is COCc1cc([O-])n2ncc(-c3cc(-c4ccccc4)cs3)c2n1.[Na+]. The summed E-state index contributed by atoms with van der Waals surface area (Å²) in [7, 11) is 1.58. The molecule has 0 aliphatic carbocycles. The van der Waals surface area contributed by atoms with E-state index in [4.69, 9.17) is 4.74 Å². The first-order valence-corrected chi connectivity index (χ1v) is 8.32. The monoisotopic (exact) mass is 359 g/mol. The summed E-state index contributed by atoms with van der Waals surface area (Å²) < 4.78 is 6.42. The van der Waals surface area contributed by atoms with Gasteiger partial charge in [-0.05, 0) is 34.5 Å². The third-order valence-corrected chi connectivity index (χ3v) is 4.72. The van der Waals surface area contributed by atoms with E-state index < -0.39 is 0 Å². The van der Waals surface area contributed by atoms with Gasteiger partial charge in [-0.2, -0.15) is 5.10 Å². The molecule has 0 fully saturated rings. The van der Waals surface area contributed by atoms with Gasteiger partial charge in [0.25, 0.3) is 0 Å². The molecule has 7 heteroatoms. The summed E-state index contributed by atoms with van der Waals surface area (Å²) in [5, 5.41) is 18.4. The molecule has 1 aromatic carbocycles. The Bertz CT molecular complexity index is 998. The van der Waals surface area contributed by atoms with E-state index in [9.17, 15) is 5.11 Å². The summed E-state index contributed by atoms with van der Waals surface area (Å²) in [5.41, 5.74) is 4.34. The Kier molecular flexibility index (Phi) is 5.56. The van der Waals surface area contributed by atoms with E-state index >= 15 is 0 Å². The second-order valence-electron chi connectivity index (χ2n) is 5.38. The van der Waals surface area contributed by atoms with Gasteiger partial charge in [-0.25, -0.2) is 9.50 Å². The van der Waals surface area contributed by atoms with E-state index in [1.165, 1.54) is 10.6 Å². The molecule has 0 atom stereocenters. The van der Waals surface area contributed by atoms with E-state index in [2.05, 4.69) is 33.7 Å². The molecule has 0 spiro atoms. The van der Waals surface area contributed by atoms with Crippen LogP contribution in [0, 0.1) is 0 Å². The first kappa shape index (κ1) is 18.1. The largest absolute Gasteiger partial charge is 1.00 e. The van der Waals surface area contributed by atoms with Crippen molar-refractivity contribution in [2.75, 3.05) is 7.11 Å². The van der Waals surface area contributed by atoms with Crippen LogP contribution < -0.4 is 34.7 Å². The summed E-state index contributed by atoms with van der Waals surface area (Å²) in [6, 6.07) is 13.7. The molecule has 3 aromatic heterocycles. The molecule has 0 amide bonds. The van der Waals surface area contributed by atoms with E-state index in [-0.39, 0.29) is 35.4 Å². The molecule has 0 saturated heterocycles. The van der Waals surface area contributed by atoms with Crippen molar-refractivity contribution in [3.63, 3.8) is 0 Å². The molecular weight excluding hydrogens is 345 g/mol. The van der Waals surface area contributed by atoms with Crippen LogP contribution in [0.3, 0.4) is 0 Å². The average molecular weight is 359 g/mol. The summed E-state index contributed by atoms with van der Waals surface area (Å²) in [5.74, 6) is -0.196. The van der Waals surface area contributed by atoms with Crippen LogP contribution in [0.1, 0.15) is 5.69 Å². The fraction of sp³-hybridized carbons (Fsp3) is 0.111. The number of methoxy groups -OCH3 is 1. The molecule has 25 heavy (non-hydrogen) atoms. The van der Waals surface area contributed by atoms with Gasteiger partial charge in [0.1, 0.15) is 0 Å². The molecule has 0 saturated carbocycles. The van der Waals surface area contributed by atoms with Crippen molar-refractivity contribution in [1.29, 1.82) is 0 Å². The van der Waals surface area contributed by atoms with Gasteiger partial charge in [0.05, 0.1) is 24.1 Å². The molecule has 0 aliphatic heterocycles. The van der Waals surface area contributed by atoms with Crippen LogP contribution in [0.2, 0.25) is 0 Å². The van der Waals surface area contributed by atoms with Gasteiger partial charge >= 0.3 is 29.6 Å². The van der Waals surface area contributed by atoms with Crippen molar-refractivity contribution in [1.82, 2.24) is 14.6 Å². The van der Waals surface area contributed by atoms with Gasteiger partial charge in [0.2, 0.25) is 0 Å². The van der Waals surface area contributed by atoms with Crippen LogP contribution in [-0.4, -0.2) is 21.7 Å². The van der Waals surface area contributed by atoms with Gasteiger partial charge in [-0.15, -0.1) is 11.3 Å². The Morgan fingerprint density at radius 3 is 2.72 bits per heavy atom. The standard InChI is InChI=1S/C18H15N3O2S.Na/c1-23-10-14-8-17(22)21-18(20-14)15(9-19-21)16-7-13(11-24-16)12-5-3-2-4-6-12;/h2-9,11,22H,10H2,1H3;/q;+1/p-1. The van der Waals surface area contributed by atoms with Crippen molar-refractivity contribution < 1.29 is 39.4 Å². The van der Waals surface area contributed by atoms with Crippen molar-refractivity contribution in [2.24, 2.45) is 0 Å². The van der Waals surface area contributed by atoms with Crippen LogP contribution in [0.15, 0.2) is 54.0 Å². The zero-order valence-electron chi connectivity index (χ0n) is 14.0. The topological polar surface area (TPSA) is 62.5 Å². The summed E-state index contributed by atoms with van der Waals surface area (Å²) >= 11 is 1.62. The molecule has 0 bridgehead atoms. The maximum absolute atomic E-state index is 12.2. The van der Waals surface area contributed by atoms with Crippen LogP contribution in [-0.2, 0) is 11.3 Å². The normalized spacial score (nSPS) is 10.8. The minimum atomic E-state index is -0.196. The van der Waals surface area contributed by atoms with Crippen molar-refractivity contribution in [3.05, 3.63) is 59.7 Å². The Morgan fingerprint density at radius 2 is 1.96 bits per heavy atom. The molecule has 0 unspecified atom stereocenters. The van der Waals surface area contributed by atoms with Crippen LogP contribution in [0.5, 0.6) is 5.88 Å². The molecule has 0 aliphatic rings. The third-order valence-electron chi connectivity index (χ3n) is 3.76. The predicted molar refractivity (Wildman–Crippen MR) is 91.9 cm³/mol. The van der Waals surface area contributed by atoms with Crippen LogP contribution in [0.25, 0.3) is 27.2 Å². The molecule has 0 radical (unpaired) electrons. The van der Waals surface area contributed by atoms with E-state index in [0.29, 0.717) is 17.9 Å². The number of thiophene rings is 1. The van der Waals surface area contributed by atoms with E-state index in [0.717, 1.165) is 21.6 Å². The Labute approximate surface area is 171 Å². The van der Waals surface area contributed by atoms with Gasteiger partial charge in [0.15, 0.2) is 5.65 Å². The van der Waals surface area contributed by atoms with Crippen LogP contribution in [0.4, 0.5) is 0 Å². The Balaban J connectivity index is 0.00000182. The Hall–Kier alpha value is -1.70. The number of hydrogen-bond donors (Lipinski definition) is 0. The molecule has 3 heterocycles. The Morgan fingerprint density at radius 1 is 1.16 bits per heavy atom. The minimum absolute atomic E-state index is 0. The molecule has 4 aromatic rings. The fourth-order valence-corrected chi connectivity index (χ4v) is 3.56. The number of rotatable bonds is 4. The number of aromatic nitrogens is 3. The number of ether oxygens (including phenoxy) is 1. The van der Waals surface area contributed by atoms with Gasteiger partial charge in [-0.3, -0.25) is 0 Å². The van der Waals surface area contributed by atoms with Gasteiger partial charge < -0.3 is 9.84 Å². The van der Waals surface area contributed by atoms with Crippen molar-refractivity contribution in [3.8, 4) is 27.4 Å². The van der Waals surface area contributed by atoms with E-state index in [1.54, 1.807) is 24.6 Å². The molecule has 5 nitrogen and oxygen atoms in total. The third kappa shape index (κ3) is 3.49. The van der Waals surface area contributed by atoms with Gasteiger partial charge in [0, 0.05) is 12.0 Å². The second kappa shape index (κ2) is 7.68. The fourth-order valence-electron chi connectivity index (χ4n) is 2.64. The second-order valence-corrected chi connectivity index (χ2v) is 6.29. The summed E-state index contributed by atoms with van der Waals surface area (Å²) in [6.45, 7) is 0.302. The first-order valence-electron chi connectivity index (χ1n) is 7.44. The zero-order valence-corrected chi connectivity index (χ0v) is 16.8. The smallest absolute Gasteiger partial charge is 0.858 e. The van der Waals surface area contributed by atoms with Crippen LogP contribution >= 0.6 is 11.3 Å².